The number of benzene rings is 1. The van der Waals surface area contributed by atoms with Crippen LogP contribution < -0.4 is 16.7 Å². The van der Waals surface area contributed by atoms with Gasteiger partial charge >= 0.3 is 0 Å². The second-order valence-electron chi connectivity index (χ2n) is 3.50. The van der Waals surface area contributed by atoms with Crippen LogP contribution in [-0.2, 0) is 4.79 Å². The fraction of sp³-hybridized carbons (Fsp3) is 0.200. The first-order chi connectivity index (χ1) is 7.70. The first-order valence-electron chi connectivity index (χ1n) is 4.79. The molecule has 0 saturated carbocycles. The van der Waals surface area contributed by atoms with E-state index in [2.05, 4.69) is 16.0 Å². The van der Waals surface area contributed by atoms with Crippen molar-refractivity contribution in [2.45, 2.75) is 12.3 Å². The monoisotopic (exact) mass is 238 g/mol. The van der Waals surface area contributed by atoms with E-state index in [9.17, 15) is 4.79 Å². The Morgan fingerprint density at radius 1 is 1.31 bits per heavy atom. The Hall–Kier alpha value is -1.75. The van der Waals surface area contributed by atoms with Crippen molar-refractivity contribution >= 4 is 23.3 Å². The van der Waals surface area contributed by atoms with Crippen molar-refractivity contribution in [2.24, 2.45) is 10.9 Å². The largest absolute Gasteiger partial charge is 0.322 e. The van der Waals surface area contributed by atoms with Gasteiger partial charge < -0.3 is 5.84 Å². The molecule has 16 heavy (non-hydrogen) atoms. The Balaban J connectivity index is 2.29. The third kappa shape index (κ3) is 2.09. The van der Waals surface area contributed by atoms with Crippen LogP contribution in [0.25, 0.3) is 0 Å². The number of hydrogen-bond donors (Lipinski definition) is 3. The Morgan fingerprint density at radius 3 is 2.62 bits per heavy atom. The summed E-state index contributed by atoms with van der Waals surface area (Å²) in [6, 6.07) is 7.27. The van der Waals surface area contributed by atoms with Gasteiger partial charge in [-0.3, -0.25) is 15.6 Å². The Kier molecular flexibility index (Phi) is 2.96. The number of hydrazine groups is 1. The second-order valence-corrected chi connectivity index (χ2v) is 3.93. The minimum atomic E-state index is -0.143. The molecule has 1 aliphatic heterocycles. The van der Waals surface area contributed by atoms with E-state index in [0.717, 1.165) is 5.56 Å². The average Bonchev–Trinajstić information content (AvgIpc) is 2.30. The summed E-state index contributed by atoms with van der Waals surface area (Å²) in [5.74, 6) is 5.56. The maximum Gasteiger partial charge on any atom is 0.239 e. The Morgan fingerprint density at radius 2 is 2.00 bits per heavy atom. The molecule has 1 aliphatic rings. The van der Waals surface area contributed by atoms with Gasteiger partial charge in [0.15, 0.2) is 0 Å². The molecule has 0 aromatic heterocycles. The number of nitrogens with two attached hydrogens (primary N) is 1. The first-order valence-corrected chi connectivity index (χ1v) is 5.16. The standard InChI is InChI=1S/C10H11ClN4O/c11-7-3-1-6(2-4-7)8-5-9(16)14-15-10(8)13-12/h1-4,8H,5,12H2,(H,13,15)(H,14,16). The predicted octanol–water partition coefficient (Wildman–Crippen LogP) is 0.720. The van der Waals surface area contributed by atoms with Gasteiger partial charge in [-0.2, -0.15) is 5.10 Å². The number of nitrogens with one attached hydrogen (secondary N) is 2. The van der Waals surface area contributed by atoms with Crippen LogP contribution in [0.4, 0.5) is 0 Å². The number of nitrogens with zero attached hydrogens (tertiary/aromatic N) is 1. The third-order valence-corrected chi connectivity index (χ3v) is 2.71. The SMILES string of the molecule is N/N=C1/NNC(=O)CC1c1ccc(Cl)cc1. The van der Waals surface area contributed by atoms with E-state index in [4.69, 9.17) is 17.4 Å². The van der Waals surface area contributed by atoms with Crippen LogP contribution in [0.2, 0.25) is 5.02 Å². The third-order valence-electron chi connectivity index (χ3n) is 2.46. The van der Waals surface area contributed by atoms with Crippen LogP contribution in [0.3, 0.4) is 0 Å². The highest BCUT2D eigenvalue weighted by Crippen LogP contribution is 2.23. The summed E-state index contributed by atoms with van der Waals surface area (Å²) in [7, 11) is 0. The molecular weight excluding hydrogens is 228 g/mol. The molecule has 84 valence electrons. The lowest BCUT2D eigenvalue weighted by molar-refractivity contribution is -0.122. The Bertz CT molecular complexity index is 429. The quantitative estimate of drug-likeness (QED) is 0.498. The minimum absolute atomic E-state index is 0.0904. The molecule has 1 fully saturated rings. The fourth-order valence-electron chi connectivity index (χ4n) is 1.65. The van der Waals surface area contributed by atoms with Crippen molar-refractivity contribution in [3.8, 4) is 0 Å². The molecule has 0 radical (unpaired) electrons. The zero-order valence-corrected chi connectivity index (χ0v) is 9.16. The first kappa shape index (κ1) is 10.8. The number of rotatable bonds is 1. The summed E-state index contributed by atoms with van der Waals surface area (Å²) in [6.45, 7) is 0. The van der Waals surface area contributed by atoms with E-state index in [-0.39, 0.29) is 11.8 Å². The number of carbonyl (C=O) groups excluding carboxylic acids is 1. The number of hydrogen-bond acceptors (Lipinski definition) is 3. The van der Waals surface area contributed by atoms with E-state index in [1.54, 1.807) is 12.1 Å². The van der Waals surface area contributed by atoms with Crippen LogP contribution in [0.5, 0.6) is 0 Å². The van der Waals surface area contributed by atoms with Gasteiger partial charge in [0, 0.05) is 11.4 Å². The van der Waals surface area contributed by atoms with E-state index in [0.29, 0.717) is 17.3 Å². The summed E-state index contributed by atoms with van der Waals surface area (Å²) in [5, 5.41) is 4.28. The van der Waals surface area contributed by atoms with Crippen molar-refractivity contribution in [1.29, 1.82) is 0 Å². The lowest BCUT2D eigenvalue weighted by Crippen LogP contribution is -2.50. The molecular formula is C10H11ClN4O. The molecule has 0 spiro atoms. The molecule has 5 nitrogen and oxygen atoms in total. The Labute approximate surface area is 97.6 Å². The summed E-state index contributed by atoms with van der Waals surface area (Å²) in [5.41, 5.74) is 6.10. The molecule has 0 aliphatic carbocycles. The van der Waals surface area contributed by atoms with E-state index in [1.165, 1.54) is 0 Å². The van der Waals surface area contributed by atoms with E-state index in [1.807, 2.05) is 12.1 Å². The van der Waals surface area contributed by atoms with Crippen LogP contribution in [0, 0.1) is 0 Å². The highest BCUT2D eigenvalue weighted by atomic mass is 35.5. The maximum absolute atomic E-state index is 11.3. The fourth-order valence-corrected chi connectivity index (χ4v) is 1.77. The molecule has 1 amide bonds. The molecule has 1 aromatic rings. The summed E-state index contributed by atoms with van der Waals surface area (Å²) in [6.07, 6.45) is 0.324. The van der Waals surface area contributed by atoms with Crippen LogP contribution in [0.15, 0.2) is 29.4 Å². The normalized spacial score (nSPS) is 22.7. The van der Waals surface area contributed by atoms with Crippen molar-refractivity contribution in [2.75, 3.05) is 0 Å². The van der Waals surface area contributed by atoms with Gasteiger partial charge in [-0.05, 0) is 17.7 Å². The topological polar surface area (TPSA) is 79.5 Å². The molecule has 1 atom stereocenters. The zero-order valence-electron chi connectivity index (χ0n) is 8.40. The van der Waals surface area contributed by atoms with Crippen molar-refractivity contribution in [3.05, 3.63) is 34.9 Å². The minimum Gasteiger partial charge on any atom is -0.322 e. The average molecular weight is 239 g/mol. The van der Waals surface area contributed by atoms with Crippen LogP contribution >= 0.6 is 11.6 Å². The molecule has 0 bridgehead atoms. The predicted molar refractivity (Wildman–Crippen MR) is 61.7 cm³/mol. The maximum atomic E-state index is 11.3. The van der Waals surface area contributed by atoms with Gasteiger partial charge in [-0.1, -0.05) is 23.7 Å². The molecule has 1 aromatic carbocycles. The number of carbonyl (C=O) groups is 1. The zero-order chi connectivity index (χ0) is 11.5. The van der Waals surface area contributed by atoms with Gasteiger partial charge in [-0.25, -0.2) is 0 Å². The summed E-state index contributed by atoms with van der Waals surface area (Å²) in [4.78, 5) is 11.3. The number of amides is 1. The van der Waals surface area contributed by atoms with Crippen molar-refractivity contribution in [1.82, 2.24) is 10.9 Å². The van der Waals surface area contributed by atoms with E-state index >= 15 is 0 Å². The van der Waals surface area contributed by atoms with Crippen LogP contribution in [0.1, 0.15) is 17.9 Å². The molecule has 1 saturated heterocycles. The molecule has 1 heterocycles. The molecule has 6 heteroatoms. The van der Waals surface area contributed by atoms with Gasteiger partial charge in [0.25, 0.3) is 0 Å². The highest BCUT2D eigenvalue weighted by Gasteiger charge is 2.26. The molecule has 2 rings (SSSR count). The van der Waals surface area contributed by atoms with Gasteiger partial charge in [0.1, 0.15) is 5.84 Å². The van der Waals surface area contributed by atoms with Crippen molar-refractivity contribution in [3.63, 3.8) is 0 Å². The van der Waals surface area contributed by atoms with Gasteiger partial charge in [0.05, 0.1) is 5.92 Å². The summed E-state index contributed by atoms with van der Waals surface area (Å²) >= 11 is 5.80. The smallest absolute Gasteiger partial charge is 0.239 e. The van der Waals surface area contributed by atoms with Gasteiger partial charge in [0.2, 0.25) is 5.91 Å². The summed E-state index contributed by atoms with van der Waals surface area (Å²) < 4.78 is 0. The number of halogens is 1. The second kappa shape index (κ2) is 4.40. The van der Waals surface area contributed by atoms with Crippen LogP contribution in [-0.4, -0.2) is 11.7 Å². The van der Waals surface area contributed by atoms with Crippen molar-refractivity contribution < 1.29 is 4.79 Å². The highest BCUT2D eigenvalue weighted by molar-refractivity contribution is 6.30. The van der Waals surface area contributed by atoms with Gasteiger partial charge in [-0.15, -0.1) is 0 Å². The molecule has 1 unspecified atom stereocenters. The number of hydrazone groups is 1. The van der Waals surface area contributed by atoms with E-state index < -0.39 is 0 Å². The number of amidine groups is 1. The molecule has 4 N–H and O–H groups in total. The lowest BCUT2D eigenvalue weighted by Gasteiger charge is -2.25. The lowest BCUT2D eigenvalue weighted by atomic mass is 9.93.